The van der Waals surface area contributed by atoms with Gasteiger partial charge in [0.2, 0.25) is 11.8 Å². The van der Waals surface area contributed by atoms with Crippen molar-refractivity contribution in [1.82, 2.24) is 4.90 Å². The number of imide groups is 1. The molecule has 1 aliphatic carbocycles. The third-order valence-electron chi connectivity index (χ3n) is 6.63. The number of hydrogen-bond acceptors (Lipinski definition) is 4. The Hall–Kier alpha value is -3.15. The molecule has 6 heteroatoms. The van der Waals surface area contributed by atoms with E-state index in [0.717, 1.165) is 37.7 Å². The molecule has 1 saturated heterocycles. The zero-order valence-electron chi connectivity index (χ0n) is 19.2. The molecule has 1 aliphatic heterocycles. The number of hydrogen-bond donors (Lipinski definition) is 0. The second kappa shape index (κ2) is 10.6. The molecule has 1 unspecified atom stereocenters. The van der Waals surface area contributed by atoms with E-state index in [1.165, 1.54) is 4.90 Å². The van der Waals surface area contributed by atoms with Crippen molar-refractivity contribution in [2.75, 3.05) is 18.1 Å². The molecule has 0 radical (unpaired) electrons. The van der Waals surface area contributed by atoms with Crippen molar-refractivity contribution in [2.45, 2.75) is 57.9 Å². The molecule has 6 nitrogen and oxygen atoms in total. The van der Waals surface area contributed by atoms with E-state index in [1.807, 2.05) is 37.3 Å². The molecule has 2 aliphatic rings. The van der Waals surface area contributed by atoms with Crippen molar-refractivity contribution < 1.29 is 19.1 Å². The first-order valence-corrected chi connectivity index (χ1v) is 12.0. The van der Waals surface area contributed by atoms with E-state index in [9.17, 15) is 14.4 Å². The lowest BCUT2D eigenvalue weighted by Crippen LogP contribution is -2.48. The zero-order valence-corrected chi connectivity index (χ0v) is 19.2. The van der Waals surface area contributed by atoms with Gasteiger partial charge in [0.25, 0.3) is 5.91 Å². The van der Waals surface area contributed by atoms with Gasteiger partial charge in [-0.05, 0) is 56.0 Å². The van der Waals surface area contributed by atoms with Gasteiger partial charge in [-0.2, -0.15) is 0 Å². The first-order valence-electron chi connectivity index (χ1n) is 12.0. The average molecular weight is 449 g/mol. The summed E-state index contributed by atoms with van der Waals surface area (Å²) in [6.45, 7) is 2.88. The van der Waals surface area contributed by atoms with Crippen LogP contribution in [0.25, 0.3) is 0 Å². The van der Waals surface area contributed by atoms with E-state index in [4.69, 9.17) is 4.74 Å². The Labute approximate surface area is 195 Å². The molecule has 0 N–H and O–H groups in total. The first kappa shape index (κ1) is 23.0. The molecule has 2 aromatic carbocycles. The zero-order chi connectivity index (χ0) is 23.2. The van der Waals surface area contributed by atoms with Gasteiger partial charge in [0.15, 0.2) is 0 Å². The molecule has 33 heavy (non-hydrogen) atoms. The summed E-state index contributed by atoms with van der Waals surface area (Å²) in [7, 11) is 0. The van der Waals surface area contributed by atoms with Crippen molar-refractivity contribution in [1.29, 1.82) is 0 Å². The summed E-state index contributed by atoms with van der Waals surface area (Å²) >= 11 is 0. The molecule has 2 fully saturated rings. The second-order valence-corrected chi connectivity index (χ2v) is 8.82. The Morgan fingerprint density at radius 3 is 2.36 bits per heavy atom. The molecule has 0 aromatic heterocycles. The number of ether oxygens (including phenoxy) is 1. The third-order valence-corrected chi connectivity index (χ3v) is 6.63. The van der Waals surface area contributed by atoms with E-state index < -0.39 is 6.04 Å². The summed E-state index contributed by atoms with van der Waals surface area (Å²) in [5.74, 6) is 0.0628. The summed E-state index contributed by atoms with van der Waals surface area (Å²) in [5, 5.41) is 0. The lowest BCUT2D eigenvalue weighted by Gasteiger charge is -2.32. The molecule has 0 bridgehead atoms. The maximum atomic E-state index is 13.5. The van der Waals surface area contributed by atoms with Crippen LogP contribution in [0.3, 0.4) is 0 Å². The maximum Gasteiger partial charge on any atom is 0.257 e. The van der Waals surface area contributed by atoms with E-state index in [-0.39, 0.29) is 30.1 Å². The van der Waals surface area contributed by atoms with Gasteiger partial charge in [0.1, 0.15) is 11.8 Å². The van der Waals surface area contributed by atoms with E-state index in [1.54, 1.807) is 29.2 Å². The van der Waals surface area contributed by atoms with Gasteiger partial charge in [0, 0.05) is 12.5 Å². The summed E-state index contributed by atoms with van der Waals surface area (Å²) in [6.07, 6.45) is 5.63. The predicted molar refractivity (Wildman–Crippen MR) is 127 cm³/mol. The number of rotatable bonds is 8. The van der Waals surface area contributed by atoms with Crippen LogP contribution in [0.5, 0.6) is 5.75 Å². The topological polar surface area (TPSA) is 66.9 Å². The van der Waals surface area contributed by atoms with Crippen LogP contribution in [0.2, 0.25) is 0 Å². The Bertz CT molecular complexity index is 967. The summed E-state index contributed by atoms with van der Waals surface area (Å²) in [5.41, 5.74) is 1.63. The van der Waals surface area contributed by atoms with Crippen molar-refractivity contribution in [2.24, 2.45) is 5.92 Å². The van der Waals surface area contributed by atoms with Gasteiger partial charge in [0.05, 0.1) is 18.7 Å². The van der Waals surface area contributed by atoms with E-state index in [2.05, 4.69) is 0 Å². The number of carbonyl (C=O) groups is 3. The number of anilines is 1. The minimum absolute atomic E-state index is 0.0188. The smallest absolute Gasteiger partial charge is 0.257 e. The fourth-order valence-electron chi connectivity index (χ4n) is 4.89. The van der Waals surface area contributed by atoms with Crippen LogP contribution in [-0.2, 0) is 20.8 Å². The predicted octanol–water partition coefficient (Wildman–Crippen LogP) is 4.37. The number of amides is 3. The molecule has 0 spiro atoms. The van der Waals surface area contributed by atoms with Crippen LogP contribution in [0.15, 0.2) is 54.6 Å². The number of nitrogens with zero attached hydrogens (tertiary/aromatic N) is 2. The van der Waals surface area contributed by atoms with Crippen LogP contribution < -0.4 is 9.64 Å². The van der Waals surface area contributed by atoms with Gasteiger partial charge in [-0.25, -0.2) is 4.90 Å². The standard InChI is InChI=1S/C27H32N2O4/c1-2-33-23-15-13-22(14-16-23)29-25(30)19-24(27(29)32)28(18-17-20-9-5-3-6-10-20)26(31)21-11-7-4-8-12-21/h3,5-6,9-10,13-16,21,24H,2,4,7-8,11-12,17-19H2,1H3. The summed E-state index contributed by atoms with van der Waals surface area (Å²) in [6, 6.07) is 16.2. The van der Waals surface area contributed by atoms with Crippen molar-refractivity contribution in [3.63, 3.8) is 0 Å². The maximum absolute atomic E-state index is 13.5. The van der Waals surface area contributed by atoms with Gasteiger partial charge < -0.3 is 9.64 Å². The largest absolute Gasteiger partial charge is 0.494 e. The van der Waals surface area contributed by atoms with E-state index >= 15 is 0 Å². The first-order chi connectivity index (χ1) is 16.1. The Morgan fingerprint density at radius 1 is 1.00 bits per heavy atom. The molecular weight excluding hydrogens is 416 g/mol. The highest BCUT2D eigenvalue weighted by Crippen LogP contribution is 2.31. The molecule has 1 heterocycles. The lowest BCUT2D eigenvalue weighted by molar-refractivity contribution is -0.142. The fourth-order valence-corrected chi connectivity index (χ4v) is 4.89. The highest BCUT2D eigenvalue weighted by atomic mass is 16.5. The lowest BCUT2D eigenvalue weighted by atomic mass is 9.87. The fraction of sp³-hybridized carbons (Fsp3) is 0.444. The molecule has 174 valence electrons. The van der Waals surface area contributed by atoms with E-state index in [0.29, 0.717) is 31.0 Å². The summed E-state index contributed by atoms with van der Waals surface area (Å²) < 4.78 is 5.47. The summed E-state index contributed by atoms with van der Waals surface area (Å²) in [4.78, 5) is 42.8. The molecular formula is C27H32N2O4. The van der Waals surface area contributed by atoms with Crippen LogP contribution in [-0.4, -0.2) is 41.8 Å². The monoisotopic (exact) mass is 448 g/mol. The molecule has 3 amide bonds. The van der Waals surface area contributed by atoms with Crippen molar-refractivity contribution in [3.05, 3.63) is 60.2 Å². The molecule has 1 atom stereocenters. The highest BCUT2D eigenvalue weighted by molar-refractivity contribution is 6.23. The normalized spacial score (nSPS) is 19.1. The molecule has 1 saturated carbocycles. The van der Waals surface area contributed by atoms with Crippen LogP contribution in [0, 0.1) is 5.92 Å². The number of benzene rings is 2. The van der Waals surface area contributed by atoms with Gasteiger partial charge >= 0.3 is 0 Å². The quantitative estimate of drug-likeness (QED) is 0.563. The van der Waals surface area contributed by atoms with Gasteiger partial charge in [-0.1, -0.05) is 49.6 Å². The Kier molecular flexibility index (Phi) is 7.43. The Morgan fingerprint density at radius 2 is 1.70 bits per heavy atom. The minimum Gasteiger partial charge on any atom is -0.494 e. The molecule has 4 rings (SSSR count). The highest BCUT2D eigenvalue weighted by Gasteiger charge is 2.45. The van der Waals surface area contributed by atoms with Crippen LogP contribution >= 0.6 is 0 Å². The van der Waals surface area contributed by atoms with Crippen molar-refractivity contribution in [3.8, 4) is 5.75 Å². The SMILES string of the molecule is CCOc1ccc(N2C(=O)CC(N(CCc3ccccc3)C(=O)C3CCCCC3)C2=O)cc1. The number of carbonyl (C=O) groups excluding carboxylic acids is 3. The van der Waals surface area contributed by atoms with Crippen LogP contribution in [0.4, 0.5) is 5.69 Å². The van der Waals surface area contributed by atoms with Gasteiger partial charge in [-0.15, -0.1) is 0 Å². The third kappa shape index (κ3) is 5.27. The van der Waals surface area contributed by atoms with Gasteiger partial charge in [-0.3, -0.25) is 14.4 Å². The van der Waals surface area contributed by atoms with Crippen molar-refractivity contribution >= 4 is 23.4 Å². The minimum atomic E-state index is -0.748. The average Bonchev–Trinajstić information content (AvgIpc) is 3.14. The second-order valence-electron chi connectivity index (χ2n) is 8.82. The molecule has 2 aromatic rings. The Balaban J connectivity index is 1.55. The van der Waals surface area contributed by atoms with Crippen LogP contribution in [0.1, 0.15) is 51.0 Å².